The molecule has 4 heteroatoms. The van der Waals surface area contributed by atoms with Gasteiger partial charge in [-0.2, -0.15) is 0 Å². The highest BCUT2D eigenvalue weighted by molar-refractivity contribution is 7.12. The molecule has 1 heterocycles. The zero-order chi connectivity index (χ0) is 15.2. The van der Waals surface area contributed by atoms with Crippen molar-refractivity contribution in [3.63, 3.8) is 0 Å². The number of nitrogens with one attached hydrogen (secondary N) is 1. The Labute approximate surface area is 130 Å². The van der Waals surface area contributed by atoms with Crippen molar-refractivity contribution in [2.24, 2.45) is 5.92 Å². The summed E-state index contributed by atoms with van der Waals surface area (Å²) in [7, 11) is 0. The number of carbonyl (C=O) groups excluding carboxylic acids is 1. The van der Waals surface area contributed by atoms with E-state index in [4.69, 9.17) is 4.74 Å². The lowest BCUT2D eigenvalue weighted by Gasteiger charge is -2.06. The van der Waals surface area contributed by atoms with Gasteiger partial charge in [0.1, 0.15) is 12.4 Å². The minimum Gasteiger partial charge on any atom is -0.489 e. The second kappa shape index (κ2) is 7.27. The average molecular weight is 303 g/mol. The Morgan fingerprint density at radius 2 is 2.00 bits per heavy atom. The third kappa shape index (κ3) is 4.90. The summed E-state index contributed by atoms with van der Waals surface area (Å²) in [5.74, 6) is 1.30. The Morgan fingerprint density at radius 3 is 2.67 bits per heavy atom. The van der Waals surface area contributed by atoms with E-state index in [2.05, 4.69) is 19.2 Å². The van der Waals surface area contributed by atoms with Crippen LogP contribution in [0, 0.1) is 12.8 Å². The van der Waals surface area contributed by atoms with Crippen LogP contribution in [0.5, 0.6) is 5.75 Å². The number of hydrogen-bond acceptors (Lipinski definition) is 3. The zero-order valence-corrected chi connectivity index (χ0v) is 13.5. The molecule has 21 heavy (non-hydrogen) atoms. The second-order valence-corrected chi connectivity index (χ2v) is 6.44. The molecule has 0 aliphatic heterocycles. The van der Waals surface area contributed by atoms with Crippen LogP contribution in [0.15, 0.2) is 35.7 Å². The van der Waals surface area contributed by atoms with Gasteiger partial charge in [-0.15, -0.1) is 11.3 Å². The lowest BCUT2D eigenvalue weighted by Crippen LogP contribution is -2.26. The van der Waals surface area contributed by atoms with E-state index in [1.54, 1.807) is 0 Å². The molecule has 0 saturated carbocycles. The molecule has 0 radical (unpaired) electrons. The fraction of sp³-hybridized carbons (Fsp3) is 0.353. The highest BCUT2D eigenvalue weighted by Gasteiger charge is 2.09. The second-order valence-electron chi connectivity index (χ2n) is 5.52. The van der Waals surface area contributed by atoms with Gasteiger partial charge in [-0.25, -0.2) is 0 Å². The fourth-order valence-electron chi connectivity index (χ4n) is 1.76. The SMILES string of the molecule is Cc1ccc(OCc2csc(C(=O)NCC(C)C)c2)cc1. The number of rotatable bonds is 6. The summed E-state index contributed by atoms with van der Waals surface area (Å²) in [5, 5.41) is 4.89. The molecule has 0 bridgehead atoms. The fourth-order valence-corrected chi connectivity index (χ4v) is 2.57. The highest BCUT2D eigenvalue weighted by atomic mass is 32.1. The van der Waals surface area contributed by atoms with Crippen molar-refractivity contribution in [1.82, 2.24) is 5.32 Å². The maximum absolute atomic E-state index is 11.9. The van der Waals surface area contributed by atoms with E-state index >= 15 is 0 Å². The van der Waals surface area contributed by atoms with E-state index in [9.17, 15) is 4.79 Å². The standard InChI is InChI=1S/C17H21NO2S/c1-12(2)9-18-17(19)16-8-14(11-21-16)10-20-15-6-4-13(3)5-7-15/h4-8,11-12H,9-10H2,1-3H3,(H,18,19). The van der Waals surface area contributed by atoms with Gasteiger partial charge in [0.05, 0.1) is 4.88 Å². The van der Waals surface area contributed by atoms with E-state index in [-0.39, 0.29) is 5.91 Å². The van der Waals surface area contributed by atoms with Crippen LogP contribution in [-0.2, 0) is 6.61 Å². The minimum absolute atomic E-state index is 0.00436. The first-order chi connectivity index (χ1) is 10.0. The van der Waals surface area contributed by atoms with E-state index < -0.39 is 0 Å². The summed E-state index contributed by atoms with van der Waals surface area (Å²) < 4.78 is 5.71. The van der Waals surface area contributed by atoms with Crippen molar-refractivity contribution in [1.29, 1.82) is 0 Å². The summed E-state index contributed by atoms with van der Waals surface area (Å²) in [6.45, 7) is 7.39. The largest absolute Gasteiger partial charge is 0.489 e. The maximum Gasteiger partial charge on any atom is 0.261 e. The molecular formula is C17H21NO2S. The van der Waals surface area contributed by atoms with Crippen LogP contribution in [0.25, 0.3) is 0 Å². The summed E-state index contributed by atoms with van der Waals surface area (Å²) in [6.07, 6.45) is 0. The van der Waals surface area contributed by atoms with Crippen LogP contribution < -0.4 is 10.1 Å². The monoisotopic (exact) mass is 303 g/mol. The Bertz CT molecular complexity index is 587. The molecule has 2 rings (SSSR count). The zero-order valence-electron chi connectivity index (χ0n) is 12.7. The molecule has 0 aliphatic carbocycles. The van der Waals surface area contributed by atoms with Crippen molar-refractivity contribution in [2.45, 2.75) is 27.4 Å². The third-order valence-electron chi connectivity index (χ3n) is 2.97. The van der Waals surface area contributed by atoms with Gasteiger partial charge in [0.25, 0.3) is 5.91 Å². The predicted molar refractivity (Wildman–Crippen MR) is 87.0 cm³/mol. The molecular weight excluding hydrogens is 282 g/mol. The molecule has 0 fully saturated rings. The molecule has 1 N–H and O–H groups in total. The van der Waals surface area contributed by atoms with Gasteiger partial charge >= 0.3 is 0 Å². The predicted octanol–water partition coefficient (Wildman–Crippen LogP) is 4.02. The van der Waals surface area contributed by atoms with E-state index in [1.807, 2.05) is 42.6 Å². The Balaban J connectivity index is 1.88. The Morgan fingerprint density at radius 1 is 1.29 bits per heavy atom. The van der Waals surface area contributed by atoms with Crippen LogP contribution in [0.3, 0.4) is 0 Å². The smallest absolute Gasteiger partial charge is 0.261 e. The molecule has 0 aliphatic rings. The quantitative estimate of drug-likeness (QED) is 0.875. The maximum atomic E-state index is 11.9. The number of amides is 1. The molecule has 112 valence electrons. The van der Waals surface area contributed by atoms with E-state index in [0.29, 0.717) is 19.1 Å². The van der Waals surface area contributed by atoms with Gasteiger partial charge in [0.2, 0.25) is 0 Å². The Kier molecular flexibility index (Phi) is 5.39. The normalized spacial score (nSPS) is 10.7. The molecule has 1 aromatic carbocycles. The molecule has 0 atom stereocenters. The van der Waals surface area contributed by atoms with Crippen molar-refractivity contribution < 1.29 is 9.53 Å². The summed E-state index contributed by atoms with van der Waals surface area (Å²) in [4.78, 5) is 12.7. The van der Waals surface area contributed by atoms with Gasteiger partial charge in [-0.05, 0) is 36.4 Å². The van der Waals surface area contributed by atoms with Gasteiger partial charge in [-0.3, -0.25) is 4.79 Å². The molecule has 0 spiro atoms. The first kappa shape index (κ1) is 15.6. The van der Waals surface area contributed by atoms with Crippen LogP contribution >= 0.6 is 11.3 Å². The number of carbonyl (C=O) groups is 1. The topological polar surface area (TPSA) is 38.3 Å². The van der Waals surface area contributed by atoms with Crippen LogP contribution in [0.2, 0.25) is 0 Å². The van der Waals surface area contributed by atoms with Gasteiger partial charge in [0, 0.05) is 12.1 Å². The molecule has 3 nitrogen and oxygen atoms in total. The highest BCUT2D eigenvalue weighted by Crippen LogP contribution is 2.18. The van der Waals surface area contributed by atoms with Crippen molar-refractivity contribution in [3.05, 3.63) is 51.7 Å². The first-order valence-corrected chi connectivity index (χ1v) is 7.97. The molecule has 1 aromatic heterocycles. The van der Waals surface area contributed by atoms with E-state index in [0.717, 1.165) is 16.2 Å². The summed E-state index contributed by atoms with van der Waals surface area (Å²) >= 11 is 1.45. The van der Waals surface area contributed by atoms with Crippen molar-refractivity contribution in [3.8, 4) is 5.75 Å². The number of thiophene rings is 1. The molecule has 0 saturated heterocycles. The first-order valence-electron chi connectivity index (χ1n) is 7.09. The number of ether oxygens (including phenoxy) is 1. The molecule has 1 amide bonds. The average Bonchev–Trinajstić information content (AvgIpc) is 2.93. The number of hydrogen-bond donors (Lipinski definition) is 1. The molecule has 0 unspecified atom stereocenters. The summed E-state index contributed by atoms with van der Waals surface area (Å²) in [5.41, 5.74) is 2.23. The Hall–Kier alpha value is -1.81. The van der Waals surface area contributed by atoms with Crippen LogP contribution in [0.1, 0.15) is 34.6 Å². The van der Waals surface area contributed by atoms with Gasteiger partial charge < -0.3 is 10.1 Å². The van der Waals surface area contributed by atoms with Crippen molar-refractivity contribution in [2.75, 3.05) is 6.54 Å². The van der Waals surface area contributed by atoms with Gasteiger partial charge in [-0.1, -0.05) is 31.5 Å². The lowest BCUT2D eigenvalue weighted by atomic mass is 10.2. The third-order valence-corrected chi connectivity index (χ3v) is 3.95. The van der Waals surface area contributed by atoms with Crippen molar-refractivity contribution >= 4 is 17.2 Å². The summed E-state index contributed by atoms with van der Waals surface area (Å²) in [6, 6.07) is 9.85. The van der Waals surface area contributed by atoms with E-state index in [1.165, 1.54) is 16.9 Å². The molecule has 2 aromatic rings. The van der Waals surface area contributed by atoms with Crippen LogP contribution in [-0.4, -0.2) is 12.5 Å². The van der Waals surface area contributed by atoms with Crippen LogP contribution in [0.4, 0.5) is 0 Å². The number of benzene rings is 1. The van der Waals surface area contributed by atoms with Gasteiger partial charge in [0.15, 0.2) is 0 Å². The number of aryl methyl sites for hydroxylation is 1. The lowest BCUT2D eigenvalue weighted by molar-refractivity contribution is 0.0953. The minimum atomic E-state index is -0.00436.